The van der Waals surface area contributed by atoms with E-state index >= 15 is 0 Å². The van der Waals surface area contributed by atoms with Crippen LogP contribution in [0.5, 0.6) is 11.5 Å². The summed E-state index contributed by atoms with van der Waals surface area (Å²) in [5.74, 6) is 0.0483. The van der Waals surface area contributed by atoms with Gasteiger partial charge in [0.1, 0.15) is 11.5 Å². The molecule has 0 bridgehead atoms. The van der Waals surface area contributed by atoms with E-state index < -0.39 is 5.97 Å². The van der Waals surface area contributed by atoms with Gasteiger partial charge in [-0.3, -0.25) is 0 Å². The van der Waals surface area contributed by atoms with Gasteiger partial charge in [-0.05, 0) is 42.5 Å². The van der Waals surface area contributed by atoms with Gasteiger partial charge in [-0.2, -0.15) is 0 Å². The molecule has 18 heavy (non-hydrogen) atoms. The van der Waals surface area contributed by atoms with Crippen LogP contribution in [0, 0.1) is 0 Å². The van der Waals surface area contributed by atoms with Crippen molar-refractivity contribution >= 4 is 27.6 Å². The van der Waals surface area contributed by atoms with Crippen molar-refractivity contribution in [3.63, 3.8) is 0 Å². The van der Waals surface area contributed by atoms with Crippen molar-refractivity contribution in [2.75, 3.05) is 5.73 Å². The Morgan fingerprint density at radius 1 is 1.17 bits per heavy atom. The molecule has 0 amide bonds. The lowest BCUT2D eigenvalue weighted by Gasteiger charge is -2.09. The molecular formula is C13H10BrNO3. The third-order valence-corrected chi connectivity index (χ3v) is 2.83. The van der Waals surface area contributed by atoms with E-state index in [2.05, 4.69) is 15.9 Å². The highest BCUT2D eigenvalue weighted by atomic mass is 79.9. The average Bonchev–Trinajstić information content (AvgIpc) is 2.34. The highest BCUT2D eigenvalue weighted by Gasteiger charge is 2.07. The van der Waals surface area contributed by atoms with Crippen LogP contribution >= 0.6 is 15.9 Å². The van der Waals surface area contributed by atoms with E-state index in [1.165, 1.54) is 12.1 Å². The number of ether oxygens (including phenoxy) is 1. The second-order valence-electron chi connectivity index (χ2n) is 3.61. The maximum absolute atomic E-state index is 10.8. The molecule has 0 heterocycles. The number of carboxylic acid groups (broad SMARTS) is 1. The molecule has 0 aromatic heterocycles. The van der Waals surface area contributed by atoms with Crippen molar-refractivity contribution < 1.29 is 14.6 Å². The molecule has 4 nitrogen and oxygen atoms in total. The van der Waals surface area contributed by atoms with Gasteiger partial charge < -0.3 is 15.6 Å². The predicted molar refractivity (Wildman–Crippen MR) is 72.0 cm³/mol. The lowest BCUT2D eigenvalue weighted by molar-refractivity contribution is 0.0697. The van der Waals surface area contributed by atoms with E-state index in [0.717, 1.165) is 4.47 Å². The summed E-state index contributed by atoms with van der Waals surface area (Å²) < 4.78 is 6.51. The Kier molecular flexibility index (Phi) is 3.53. The van der Waals surface area contributed by atoms with Crippen molar-refractivity contribution in [3.8, 4) is 11.5 Å². The Morgan fingerprint density at radius 3 is 2.39 bits per heavy atom. The summed E-state index contributed by atoms with van der Waals surface area (Å²) in [6.07, 6.45) is 0. The van der Waals surface area contributed by atoms with Gasteiger partial charge in [0.25, 0.3) is 0 Å². The summed E-state index contributed by atoms with van der Waals surface area (Å²) in [5, 5.41) is 8.82. The van der Waals surface area contributed by atoms with Crippen molar-refractivity contribution in [2.24, 2.45) is 0 Å². The number of carbonyl (C=O) groups is 1. The molecule has 0 spiro atoms. The normalized spacial score (nSPS) is 10.1. The SMILES string of the molecule is Nc1cc(C(=O)O)ccc1Oc1ccc(Br)cc1. The fourth-order valence-electron chi connectivity index (χ4n) is 1.40. The van der Waals surface area contributed by atoms with Crippen LogP contribution in [0.15, 0.2) is 46.9 Å². The highest BCUT2D eigenvalue weighted by Crippen LogP contribution is 2.28. The summed E-state index contributed by atoms with van der Waals surface area (Å²) in [7, 11) is 0. The number of benzene rings is 2. The summed E-state index contributed by atoms with van der Waals surface area (Å²) >= 11 is 3.33. The molecular weight excluding hydrogens is 298 g/mol. The van der Waals surface area contributed by atoms with Crippen LogP contribution in [-0.2, 0) is 0 Å². The fraction of sp³-hybridized carbons (Fsp3) is 0. The predicted octanol–water partition coefficient (Wildman–Crippen LogP) is 3.52. The minimum absolute atomic E-state index is 0.135. The molecule has 0 aliphatic heterocycles. The Morgan fingerprint density at radius 2 is 1.83 bits per heavy atom. The van der Waals surface area contributed by atoms with Gasteiger partial charge in [-0.25, -0.2) is 4.79 Å². The Bertz CT molecular complexity index is 581. The molecule has 0 fully saturated rings. The molecule has 0 aliphatic carbocycles. The number of aromatic carboxylic acids is 1. The quantitative estimate of drug-likeness (QED) is 0.851. The zero-order valence-electron chi connectivity index (χ0n) is 9.26. The van der Waals surface area contributed by atoms with Crippen LogP contribution in [0.4, 0.5) is 5.69 Å². The Balaban J connectivity index is 2.24. The van der Waals surface area contributed by atoms with E-state index in [4.69, 9.17) is 15.6 Å². The van der Waals surface area contributed by atoms with E-state index in [9.17, 15) is 4.79 Å². The maximum atomic E-state index is 10.8. The lowest BCUT2D eigenvalue weighted by Crippen LogP contribution is -1.99. The topological polar surface area (TPSA) is 72.6 Å². The summed E-state index contributed by atoms with van der Waals surface area (Å²) in [6.45, 7) is 0. The average molecular weight is 308 g/mol. The Labute approximate surface area is 112 Å². The molecule has 3 N–H and O–H groups in total. The van der Waals surface area contributed by atoms with Gasteiger partial charge >= 0.3 is 5.97 Å². The maximum Gasteiger partial charge on any atom is 0.335 e. The standard InChI is InChI=1S/C13H10BrNO3/c14-9-2-4-10(5-3-9)18-12-6-1-8(13(16)17)7-11(12)15/h1-7H,15H2,(H,16,17). The summed E-state index contributed by atoms with van der Waals surface area (Å²) in [6, 6.07) is 11.6. The molecule has 5 heteroatoms. The summed E-state index contributed by atoms with van der Waals surface area (Å²) in [5.41, 5.74) is 6.16. The first-order valence-electron chi connectivity index (χ1n) is 5.12. The molecule has 0 saturated heterocycles. The Hall–Kier alpha value is -2.01. The molecule has 2 aromatic carbocycles. The first kappa shape index (κ1) is 12.4. The van der Waals surface area contributed by atoms with Crippen LogP contribution in [0.25, 0.3) is 0 Å². The first-order valence-corrected chi connectivity index (χ1v) is 5.92. The number of anilines is 1. The third-order valence-electron chi connectivity index (χ3n) is 2.30. The number of carboxylic acids is 1. The van der Waals surface area contributed by atoms with Crippen molar-refractivity contribution in [1.29, 1.82) is 0 Å². The second-order valence-corrected chi connectivity index (χ2v) is 4.53. The minimum atomic E-state index is -1.02. The number of halogens is 1. The number of hydrogen-bond donors (Lipinski definition) is 2. The number of nitrogens with two attached hydrogens (primary N) is 1. The van der Waals surface area contributed by atoms with Crippen molar-refractivity contribution in [1.82, 2.24) is 0 Å². The van der Waals surface area contributed by atoms with Crippen LogP contribution in [0.2, 0.25) is 0 Å². The molecule has 2 rings (SSSR count). The summed E-state index contributed by atoms with van der Waals surface area (Å²) in [4.78, 5) is 10.8. The minimum Gasteiger partial charge on any atom is -0.478 e. The van der Waals surface area contributed by atoms with E-state index in [0.29, 0.717) is 11.5 Å². The lowest BCUT2D eigenvalue weighted by atomic mass is 10.2. The van der Waals surface area contributed by atoms with Crippen LogP contribution in [-0.4, -0.2) is 11.1 Å². The highest BCUT2D eigenvalue weighted by molar-refractivity contribution is 9.10. The van der Waals surface area contributed by atoms with E-state index in [1.54, 1.807) is 18.2 Å². The van der Waals surface area contributed by atoms with Gasteiger partial charge in [-0.15, -0.1) is 0 Å². The zero-order valence-corrected chi connectivity index (χ0v) is 10.8. The second kappa shape index (κ2) is 5.10. The zero-order chi connectivity index (χ0) is 13.1. The monoisotopic (exact) mass is 307 g/mol. The largest absolute Gasteiger partial charge is 0.478 e. The van der Waals surface area contributed by atoms with Crippen LogP contribution < -0.4 is 10.5 Å². The molecule has 2 aromatic rings. The molecule has 0 radical (unpaired) electrons. The molecule has 0 saturated carbocycles. The van der Waals surface area contributed by atoms with Crippen LogP contribution in [0.3, 0.4) is 0 Å². The van der Waals surface area contributed by atoms with Gasteiger partial charge in [-0.1, -0.05) is 15.9 Å². The van der Waals surface area contributed by atoms with Gasteiger partial charge in [0.15, 0.2) is 0 Å². The molecule has 92 valence electrons. The molecule has 0 atom stereocenters. The van der Waals surface area contributed by atoms with Gasteiger partial charge in [0.2, 0.25) is 0 Å². The third kappa shape index (κ3) is 2.81. The number of hydrogen-bond acceptors (Lipinski definition) is 3. The van der Waals surface area contributed by atoms with E-state index in [-0.39, 0.29) is 11.3 Å². The molecule has 0 aliphatic rings. The van der Waals surface area contributed by atoms with Crippen molar-refractivity contribution in [2.45, 2.75) is 0 Å². The number of rotatable bonds is 3. The van der Waals surface area contributed by atoms with E-state index in [1.807, 2.05) is 12.1 Å². The first-order chi connectivity index (χ1) is 8.56. The number of nitrogen functional groups attached to an aromatic ring is 1. The van der Waals surface area contributed by atoms with Gasteiger partial charge in [0.05, 0.1) is 11.3 Å². The molecule has 0 unspecified atom stereocenters. The van der Waals surface area contributed by atoms with Crippen molar-refractivity contribution in [3.05, 3.63) is 52.5 Å². The fourth-order valence-corrected chi connectivity index (χ4v) is 1.67. The van der Waals surface area contributed by atoms with Crippen LogP contribution in [0.1, 0.15) is 10.4 Å². The van der Waals surface area contributed by atoms with Gasteiger partial charge in [0, 0.05) is 4.47 Å². The smallest absolute Gasteiger partial charge is 0.335 e.